The van der Waals surface area contributed by atoms with Crippen molar-refractivity contribution >= 4 is 16.0 Å². The zero-order valence-corrected chi connectivity index (χ0v) is 13.7. The van der Waals surface area contributed by atoms with Crippen LogP contribution in [0.2, 0.25) is 0 Å². The summed E-state index contributed by atoms with van der Waals surface area (Å²) in [4.78, 5) is 4.52. The Morgan fingerprint density at radius 3 is 2.78 bits per heavy atom. The first kappa shape index (κ1) is 16.2. The van der Waals surface area contributed by atoms with Crippen LogP contribution in [0.15, 0.2) is 34.2 Å². The summed E-state index contributed by atoms with van der Waals surface area (Å²) in [5, 5.41) is 6.30. The van der Waals surface area contributed by atoms with Gasteiger partial charge < -0.3 is 15.4 Å². The van der Waals surface area contributed by atoms with Gasteiger partial charge in [0.15, 0.2) is 5.96 Å². The monoisotopic (exact) mass is 338 g/mol. The van der Waals surface area contributed by atoms with Crippen LogP contribution < -0.4 is 15.4 Å². The molecule has 1 saturated heterocycles. The van der Waals surface area contributed by atoms with Crippen molar-refractivity contribution in [2.45, 2.75) is 30.4 Å². The maximum atomic E-state index is 12.3. The SMILES string of the molecule is O=S(=O)(NC[C@@H]1CCCO1)c1ccc(CNC2=NCCN2)cc1. The molecule has 0 spiro atoms. The number of nitrogens with one attached hydrogen (secondary N) is 3. The summed E-state index contributed by atoms with van der Waals surface area (Å²) in [5.74, 6) is 0.792. The number of rotatable bonds is 6. The van der Waals surface area contributed by atoms with E-state index in [1.165, 1.54) is 0 Å². The van der Waals surface area contributed by atoms with Crippen molar-refractivity contribution in [3.63, 3.8) is 0 Å². The van der Waals surface area contributed by atoms with Gasteiger partial charge in [0.25, 0.3) is 0 Å². The molecule has 0 saturated carbocycles. The molecule has 1 fully saturated rings. The summed E-state index contributed by atoms with van der Waals surface area (Å²) in [5.41, 5.74) is 1.000. The third-order valence-electron chi connectivity index (χ3n) is 3.89. The first-order chi connectivity index (χ1) is 11.1. The highest BCUT2D eigenvalue weighted by molar-refractivity contribution is 7.89. The maximum absolute atomic E-state index is 12.3. The highest BCUT2D eigenvalue weighted by Crippen LogP contribution is 2.14. The van der Waals surface area contributed by atoms with E-state index in [1.54, 1.807) is 12.1 Å². The molecule has 2 aliphatic rings. The van der Waals surface area contributed by atoms with Gasteiger partial charge >= 0.3 is 0 Å². The minimum atomic E-state index is -3.48. The largest absolute Gasteiger partial charge is 0.377 e. The number of hydrogen-bond donors (Lipinski definition) is 3. The van der Waals surface area contributed by atoms with E-state index in [9.17, 15) is 8.42 Å². The fraction of sp³-hybridized carbons (Fsp3) is 0.533. The van der Waals surface area contributed by atoms with Gasteiger partial charge in [-0.2, -0.15) is 0 Å². The Hall–Kier alpha value is -1.64. The Labute approximate surface area is 136 Å². The van der Waals surface area contributed by atoms with Crippen LogP contribution in [0.25, 0.3) is 0 Å². The predicted octanol–water partition coefficient (Wildman–Crippen LogP) is 0.193. The number of nitrogens with zero attached hydrogens (tertiary/aromatic N) is 1. The zero-order chi connectivity index (χ0) is 16.1. The van der Waals surface area contributed by atoms with Gasteiger partial charge in [0.1, 0.15) is 0 Å². The lowest BCUT2D eigenvalue weighted by Gasteiger charge is -2.12. The zero-order valence-electron chi connectivity index (χ0n) is 12.9. The number of aliphatic imine (C=N–C) groups is 1. The topological polar surface area (TPSA) is 91.8 Å². The van der Waals surface area contributed by atoms with Gasteiger partial charge in [-0.25, -0.2) is 13.1 Å². The third kappa shape index (κ3) is 4.43. The van der Waals surface area contributed by atoms with Crippen LogP contribution in [0.1, 0.15) is 18.4 Å². The van der Waals surface area contributed by atoms with Crippen LogP contribution >= 0.6 is 0 Å². The minimum Gasteiger partial charge on any atom is -0.377 e. The van der Waals surface area contributed by atoms with Gasteiger partial charge in [-0.3, -0.25) is 4.99 Å². The van der Waals surface area contributed by atoms with Crippen LogP contribution in [0, 0.1) is 0 Å². The second-order valence-corrected chi connectivity index (χ2v) is 7.41. The smallest absolute Gasteiger partial charge is 0.240 e. The van der Waals surface area contributed by atoms with Crippen molar-refractivity contribution in [2.75, 3.05) is 26.2 Å². The molecule has 0 radical (unpaired) electrons. The van der Waals surface area contributed by atoms with E-state index in [1.807, 2.05) is 12.1 Å². The van der Waals surface area contributed by atoms with Crippen LogP contribution in [-0.4, -0.2) is 46.7 Å². The molecule has 0 amide bonds. The van der Waals surface area contributed by atoms with Crippen LogP contribution in [0.5, 0.6) is 0 Å². The number of ether oxygens (including phenoxy) is 1. The van der Waals surface area contributed by atoms with Crippen molar-refractivity contribution < 1.29 is 13.2 Å². The number of benzene rings is 1. The predicted molar refractivity (Wildman–Crippen MR) is 87.7 cm³/mol. The van der Waals surface area contributed by atoms with Gasteiger partial charge in [0.05, 0.1) is 17.5 Å². The third-order valence-corrected chi connectivity index (χ3v) is 5.33. The van der Waals surface area contributed by atoms with Gasteiger partial charge in [0, 0.05) is 26.2 Å². The molecule has 8 heteroatoms. The van der Waals surface area contributed by atoms with Crippen LogP contribution in [0.3, 0.4) is 0 Å². The van der Waals surface area contributed by atoms with Crippen molar-refractivity contribution in [2.24, 2.45) is 4.99 Å². The molecule has 3 N–H and O–H groups in total. The number of hydrogen-bond acceptors (Lipinski definition) is 6. The molecule has 7 nitrogen and oxygen atoms in total. The summed E-state index contributed by atoms with van der Waals surface area (Å²) < 4.78 is 32.6. The molecule has 1 atom stereocenters. The average Bonchev–Trinajstić information content (AvgIpc) is 3.25. The Kier molecular flexibility index (Phi) is 5.14. The van der Waals surface area contributed by atoms with Gasteiger partial charge in [-0.15, -0.1) is 0 Å². The molecule has 0 bridgehead atoms. The molecule has 2 aliphatic heterocycles. The van der Waals surface area contributed by atoms with E-state index in [2.05, 4.69) is 20.3 Å². The summed E-state index contributed by atoms with van der Waals surface area (Å²) in [6, 6.07) is 6.86. The lowest BCUT2D eigenvalue weighted by Crippen LogP contribution is -2.33. The second-order valence-electron chi connectivity index (χ2n) is 5.64. The first-order valence-electron chi connectivity index (χ1n) is 7.86. The van der Waals surface area contributed by atoms with E-state index in [4.69, 9.17) is 4.74 Å². The molecule has 1 aromatic carbocycles. The molecule has 23 heavy (non-hydrogen) atoms. The standard InChI is InChI=1S/C15H22N4O3S/c20-23(21,19-11-13-2-1-9-22-13)14-5-3-12(4-6-14)10-18-15-16-7-8-17-15/h3-6,13,19H,1-2,7-11H2,(H2,16,17,18)/t13-/m0/s1. The molecule has 0 aliphatic carbocycles. The Balaban J connectivity index is 1.54. The van der Waals surface area contributed by atoms with E-state index < -0.39 is 10.0 Å². The van der Waals surface area contributed by atoms with E-state index in [0.717, 1.165) is 37.5 Å². The Bertz CT molecular complexity index is 652. The highest BCUT2D eigenvalue weighted by atomic mass is 32.2. The maximum Gasteiger partial charge on any atom is 0.240 e. The number of sulfonamides is 1. The van der Waals surface area contributed by atoms with Crippen molar-refractivity contribution in [3.05, 3.63) is 29.8 Å². The van der Waals surface area contributed by atoms with Gasteiger partial charge in [-0.1, -0.05) is 12.1 Å². The number of guanidine groups is 1. The summed E-state index contributed by atoms with van der Waals surface area (Å²) in [6.07, 6.45) is 1.90. The molecular weight excluding hydrogens is 316 g/mol. The van der Waals surface area contributed by atoms with Gasteiger partial charge in [0.2, 0.25) is 10.0 Å². The Morgan fingerprint density at radius 1 is 1.30 bits per heavy atom. The van der Waals surface area contributed by atoms with Crippen LogP contribution in [0.4, 0.5) is 0 Å². The van der Waals surface area contributed by atoms with Gasteiger partial charge in [-0.05, 0) is 30.5 Å². The lowest BCUT2D eigenvalue weighted by atomic mass is 10.2. The molecule has 126 valence electrons. The fourth-order valence-corrected chi connectivity index (χ4v) is 3.65. The van der Waals surface area contributed by atoms with Crippen molar-refractivity contribution in [1.29, 1.82) is 0 Å². The summed E-state index contributed by atoms with van der Waals surface area (Å²) >= 11 is 0. The van der Waals surface area contributed by atoms with E-state index in [0.29, 0.717) is 19.7 Å². The molecule has 1 aromatic rings. The van der Waals surface area contributed by atoms with Crippen molar-refractivity contribution in [1.82, 2.24) is 15.4 Å². The minimum absolute atomic E-state index is 0.00654. The summed E-state index contributed by atoms with van der Waals surface area (Å²) in [7, 11) is -3.48. The second kappa shape index (κ2) is 7.29. The normalized spacial score (nSPS) is 21.0. The summed E-state index contributed by atoms with van der Waals surface area (Å²) in [6.45, 7) is 3.30. The van der Waals surface area contributed by atoms with Crippen molar-refractivity contribution in [3.8, 4) is 0 Å². The molecule has 0 aromatic heterocycles. The van der Waals surface area contributed by atoms with E-state index >= 15 is 0 Å². The highest BCUT2D eigenvalue weighted by Gasteiger charge is 2.20. The molecule has 3 rings (SSSR count). The fourth-order valence-electron chi connectivity index (χ4n) is 2.58. The average molecular weight is 338 g/mol. The molecule has 0 unspecified atom stereocenters. The quantitative estimate of drug-likeness (QED) is 0.689. The first-order valence-corrected chi connectivity index (χ1v) is 9.34. The van der Waals surface area contributed by atoms with E-state index in [-0.39, 0.29) is 11.0 Å². The Morgan fingerprint density at radius 2 is 2.13 bits per heavy atom. The lowest BCUT2D eigenvalue weighted by molar-refractivity contribution is 0.114. The molecular formula is C15H22N4O3S. The molecule has 2 heterocycles. The van der Waals surface area contributed by atoms with Crippen LogP contribution in [-0.2, 0) is 21.3 Å².